The summed E-state index contributed by atoms with van der Waals surface area (Å²) in [5.74, 6) is -2.89. The van der Waals surface area contributed by atoms with Gasteiger partial charge in [0.15, 0.2) is 5.78 Å². The molecule has 1 aromatic carbocycles. The van der Waals surface area contributed by atoms with Crippen molar-refractivity contribution < 1.29 is 44.6 Å². The van der Waals surface area contributed by atoms with E-state index < -0.39 is 70.2 Å². The Morgan fingerprint density at radius 1 is 1.08 bits per heavy atom. The van der Waals surface area contributed by atoms with Crippen molar-refractivity contribution in [3.8, 4) is 0 Å². The lowest BCUT2D eigenvalue weighted by Crippen LogP contribution is -2.81. The molecule has 0 aromatic heterocycles. The zero-order valence-electron chi connectivity index (χ0n) is 20.8. The van der Waals surface area contributed by atoms with E-state index in [0.29, 0.717) is 5.57 Å². The molecule has 0 amide bonds. The number of carbonyl (C=O) groups excluding carboxylic acids is 2. The van der Waals surface area contributed by atoms with Crippen molar-refractivity contribution in [3.05, 3.63) is 47.0 Å². The third-order valence-corrected chi connectivity index (χ3v) is 9.64. The summed E-state index contributed by atoms with van der Waals surface area (Å²) in [6.45, 7) is 6.07. The van der Waals surface area contributed by atoms with Crippen molar-refractivity contribution in [2.45, 2.75) is 82.3 Å². The van der Waals surface area contributed by atoms with Crippen LogP contribution in [0.1, 0.15) is 50.9 Å². The second-order valence-electron chi connectivity index (χ2n) is 11.6. The summed E-state index contributed by atoms with van der Waals surface area (Å²) in [4.78, 5) is 27.4. The highest BCUT2D eigenvalue weighted by Gasteiger charge is 2.76. The first-order valence-corrected chi connectivity index (χ1v) is 12.3. The molecule has 1 aromatic rings. The monoisotopic (exact) mass is 502 g/mol. The first kappa shape index (κ1) is 25.5. The SMILES string of the molecule is CC1=C2[C@@H](O)C(=O)[C@@]3(C)[C@H](C(OC(=O)c4ccccc4)[C@](O)(C[C@@H]1O)C2(C)C)[C@]1(O)CO[C@@H]1C[C@@H]3O. The van der Waals surface area contributed by atoms with E-state index in [0.717, 1.165) is 0 Å². The molecule has 196 valence electrons. The van der Waals surface area contributed by atoms with Gasteiger partial charge in [-0.1, -0.05) is 32.0 Å². The van der Waals surface area contributed by atoms with E-state index in [9.17, 15) is 35.1 Å². The number of hydrogen-bond acceptors (Lipinski definition) is 9. The van der Waals surface area contributed by atoms with E-state index in [-0.39, 0.29) is 30.6 Å². The predicted octanol–water partition coefficient (Wildman–Crippen LogP) is 0.511. The normalized spacial score (nSPS) is 45.5. The number of benzene rings is 1. The number of ether oxygens (including phenoxy) is 2. The fraction of sp³-hybridized carbons (Fsp3) is 0.630. The summed E-state index contributed by atoms with van der Waals surface area (Å²) in [6, 6.07) is 8.12. The van der Waals surface area contributed by atoms with E-state index in [2.05, 4.69) is 0 Å². The van der Waals surface area contributed by atoms with Crippen LogP contribution in [0.2, 0.25) is 0 Å². The minimum atomic E-state index is -2.02. The lowest BCUT2D eigenvalue weighted by atomic mass is 9.45. The number of ketones is 1. The average molecular weight is 503 g/mol. The Bertz CT molecular complexity index is 1130. The molecule has 5 rings (SSSR count). The van der Waals surface area contributed by atoms with Gasteiger partial charge in [0.25, 0.3) is 0 Å². The average Bonchev–Trinajstić information content (AvgIpc) is 2.83. The smallest absolute Gasteiger partial charge is 0.338 e. The molecule has 3 fully saturated rings. The Kier molecular flexibility index (Phi) is 5.62. The molecule has 9 heteroatoms. The molecule has 36 heavy (non-hydrogen) atoms. The Morgan fingerprint density at radius 2 is 1.72 bits per heavy atom. The number of fused-ring (bicyclic) bond motifs is 5. The molecular formula is C27H34O9. The zero-order valence-corrected chi connectivity index (χ0v) is 20.8. The van der Waals surface area contributed by atoms with Crippen LogP contribution in [0.5, 0.6) is 0 Å². The van der Waals surface area contributed by atoms with Crippen molar-refractivity contribution in [1.82, 2.24) is 0 Å². The number of rotatable bonds is 2. The number of hydrogen-bond donors (Lipinski definition) is 5. The van der Waals surface area contributed by atoms with Crippen LogP contribution in [0.25, 0.3) is 0 Å². The molecule has 2 saturated carbocycles. The van der Waals surface area contributed by atoms with Crippen LogP contribution in [0.3, 0.4) is 0 Å². The molecule has 4 aliphatic rings. The number of esters is 1. The van der Waals surface area contributed by atoms with Gasteiger partial charge in [0.05, 0.1) is 35.9 Å². The second kappa shape index (κ2) is 7.93. The number of aliphatic hydroxyl groups is 5. The quantitative estimate of drug-likeness (QED) is 0.287. The topological polar surface area (TPSA) is 154 Å². The van der Waals surface area contributed by atoms with Crippen molar-refractivity contribution in [2.24, 2.45) is 16.7 Å². The van der Waals surface area contributed by atoms with Gasteiger partial charge in [0.1, 0.15) is 23.4 Å². The van der Waals surface area contributed by atoms with E-state index in [1.54, 1.807) is 51.1 Å². The van der Waals surface area contributed by atoms with Crippen molar-refractivity contribution in [1.29, 1.82) is 0 Å². The minimum Gasteiger partial charge on any atom is -0.455 e. The molecule has 1 unspecified atom stereocenters. The molecule has 5 N–H and O–H groups in total. The van der Waals surface area contributed by atoms with Crippen molar-refractivity contribution >= 4 is 11.8 Å². The van der Waals surface area contributed by atoms with Crippen LogP contribution >= 0.6 is 0 Å². The molecule has 2 bridgehead atoms. The van der Waals surface area contributed by atoms with Crippen LogP contribution in [0.15, 0.2) is 41.5 Å². The van der Waals surface area contributed by atoms with E-state index in [1.165, 1.54) is 6.92 Å². The molecule has 3 aliphatic carbocycles. The highest BCUT2D eigenvalue weighted by molar-refractivity contribution is 5.94. The molecule has 9 nitrogen and oxygen atoms in total. The fourth-order valence-electron chi connectivity index (χ4n) is 7.26. The van der Waals surface area contributed by atoms with Gasteiger partial charge in [-0.15, -0.1) is 0 Å². The molecule has 0 spiro atoms. The summed E-state index contributed by atoms with van der Waals surface area (Å²) in [6.07, 6.45) is -7.08. The third-order valence-electron chi connectivity index (χ3n) is 9.64. The second-order valence-corrected chi connectivity index (χ2v) is 11.6. The maximum atomic E-state index is 14.0. The number of carbonyl (C=O) groups is 2. The maximum absolute atomic E-state index is 14.0. The lowest BCUT2D eigenvalue weighted by molar-refractivity contribution is -0.343. The van der Waals surface area contributed by atoms with Gasteiger partial charge in [-0.05, 0) is 37.1 Å². The highest BCUT2D eigenvalue weighted by Crippen LogP contribution is 2.62. The van der Waals surface area contributed by atoms with Gasteiger partial charge in [-0.3, -0.25) is 4.79 Å². The summed E-state index contributed by atoms with van der Waals surface area (Å²) in [5, 5.41) is 57.9. The number of Topliss-reactive ketones (excluding diaryl/α,β-unsaturated/α-hetero) is 1. The van der Waals surface area contributed by atoms with Crippen molar-refractivity contribution in [3.63, 3.8) is 0 Å². The molecule has 1 heterocycles. The first-order chi connectivity index (χ1) is 16.7. The van der Waals surface area contributed by atoms with E-state index in [4.69, 9.17) is 9.47 Å². The summed E-state index contributed by atoms with van der Waals surface area (Å²) in [7, 11) is 0. The highest BCUT2D eigenvalue weighted by atomic mass is 16.6. The Balaban J connectivity index is 1.78. The largest absolute Gasteiger partial charge is 0.455 e. The van der Waals surface area contributed by atoms with Crippen LogP contribution in [-0.2, 0) is 14.3 Å². The van der Waals surface area contributed by atoms with E-state index in [1.807, 2.05) is 0 Å². The Morgan fingerprint density at radius 3 is 2.31 bits per heavy atom. The molecule has 0 radical (unpaired) electrons. The van der Waals surface area contributed by atoms with Gasteiger partial charge in [-0.2, -0.15) is 0 Å². The summed E-state index contributed by atoms with van der Waals surface area (Å²) < 4.78 is 11.6. The van der Waals surface area contributed by atoms with Crippen molar-refractivity contribution in [2.75, 3.05) is 6.61 Å². The van der Waals surface area contributed by atoms with Gasteiger partial charge < -0.3 is 35.0 Å². The third kappa shape index (κ3) is 3.04. The fourth-order valence-corrected chi connectivity index (χ4v) is 7.26. The van der Waals surface area contributed by atoms with Crippen LogP contribution in [0.4, 0.5) is 0 Å². The van der Waals surface area contributed by atoms with Crippen LogP contribution in [0, 0.1) is 16.7 Å². The standard InChI is InChI=1S/C27H34O9/c1-13-15(28)11-27(34)22(36-23(32)14-8-6-5-7-9-14)20-25(4,16(29)10-17-26(20,33)12-35-17)21(31)19(30)18(13)24(27,2)3/h5-9,15-17,19-20,22,28-30,33-34H,10-12H2,1-4H3/t15-,16-,17+,19+,20-,22?,25+,26-,27+/m0/s1. The van der Waals surface area contributed by atoms with Crippen LogP contribution in [-0.4, -0.2) is 85.6 Å². The van der Waals surface area contributed by atoms with Gasteiger partial charge >= 0.3 is 5.97 Å². The first-order valence-electron chi connectivity index (χ1n) is 12.3. The van der Waals surface area contributed by atoms with E-state index >= 15 is 0 Å². The van der Waals surface area contributed by atoms with Crippen LogP contribution < -0.4 is 0 Å². The molecule has 9 atom stereocenters. The van der Waals surface area contributed by atoms with Gasteiger partial charge in [0.2, 0.25) is 0 Å². The predicted molar refractivity (Wildman–Crippen MR) is 126 cm³/mol. The minimum absolute atomic E-state index is 0.0657. The summed E-state index contributed by atoms with van der Waals surface area (Å²) >= 11 is 0. The summed E-state index contributed by atoms with van der Waals surface area (Å²) in [5.41, 5.74) is -6.24. The molecular weight excluding hydrogens is 468 g/mol. The Hall–Kier alpha value is -2.14. The zero-order chi connectivity index (χ0) is 26.4. The maximum Gasteiger partial charge on any atom is 0.338 e. The molecule has 1 saturated heterocycles. The number of aliphatic hydroxyl groups excluding tert-OH is 3. The lowest BCUT2D eigenvalue weighted by Gasteiger charge is -2.66. The van der Waals surface area contributed by atoms with Gasteiger partial charge in [-0.25, -0.2) is 4.79 Å². The molecule has 1 aliphatic heterocycles. The van der Waals surface area contributed by atoms with Gasteiger partial charge in [0, 0.05) is 24.2 Å². The Labute approximate surface area is 209 Å².